The topological polar surface area (TPSA) is 90.6 Å². The molecule has 25 heavy (non-hydrogen) atoms. The van der Waals surface area contributed by atoms with Gasteiger partial charge in [0.25, 0.3) is 11.8 Å². The van der Waals surface area contributed by atoms with Gasteiger partial charge in [0.05, 0.1) is 19.3 Å². The summed E-state index contributed by atoms with van der Waals surface area (Å²) in [6, 6.07) is 3.56. The fourth-order valence-electron chi connectivity index (χ4n) is 2.81. The molecule has 0 saturated carbocycles. The Bertz CT molecular complexity index is 761. The molecule has 0 spiro atoms. The van der Waals surface area contributed by atoms with Crippen molar-refractivity contribution < 1.29 is 18.8 Å². The Morgan fingerprint density at radius 3 is 2.80 bits per heavy atom. The number of rotatable bonds is 4. The van der Waals surface area contributed by atoms with Crippen molar-refractivity contribution in [3.05, 3.63) is 35.1 Å². The van der Waals surface area contributed by atoms with E-state index in [1.807, 2.05) is 20.8 Å². The highest BCUT2D eigenvalue weighted by atomic mass is 16.5. The Kier molecular flexibility index (Phi) is 4.98. The molecule has 2 atom stereocenters. The maximum atomic E-state index is 13.0. The summed E-state index contributed by atoms with van der Waals surface area (Å²) < 4.78 is 16.6. The zero-order chi connectivity index (χ0) is 18.0. The van der Waals surface area contributed by atoms with E-state index in [4.69, 9.17) is 14.0 Å². The van der Waals surface area contributed by atoms with Gasteiger partial charge in [-0.15, -0.1) is 0 Å². The summed E-state index contributed by atoms with van der Waals surface area (Å²) in [5.74, 6) is 1.13. The van der Waals surface area contributed by atoms with E-state index in [1.165, 1.54) is 0 Å². The molecule has 0 radical (unpaired) electrons. The van der Waals surface area contributed by atoms with Crippen LogP contribution in [-0.2, 0) is 4.74 Å². The van der Waals surface area contributed by atoms with E-state index in [2.05, 4.69) is 15.1 Å². The molecular formula is C17H22N4O4. The standard InChI is InChI=1S/C17H22N4O4/c1-5-23-15-13(7-6-10(2)18-15)17(22)21-8-11(3)24-14(9-21)16-19-12(4)20-25-16/h6-7,11,14H,5,8-9H2,1-4H3/t11-,14-/m1/s1. The smallest absolute Gasteiger partial charge is 0.259 e. The molecular weight excluding hydrogens is 324 g/mol. The van der Waals surface area contributed by atoms with Gasteiger partial charge < -0.3 is 18.9 Å². The fraction of sp³-hybridized carbons (Fsp3) is 0.529. The molecule has 1 aliphatic rings. The van der Waals surface area contributed by atoms with E-state index < -0.39 is 6.10 Å². The first-order valence-corrected chi connectivity index (χ1v) is 8.33. The second kappa shape index (κ2) is 7.18. The molecule has 134 valence electrons. The van der Waals surface area contributed by atoms with Crippen molar-refractivity contribution in [1.29, 1.82) is 0 Å². The van der Waals surface area contributed by atoms with Gasteiger partial charge in [-0.2, -0.15) is 4.98 Å². The minimum Gasteiger partial charge on any atom is -0.477 e. The molecule has 0 aromatic carbocycles. The average Bonchev–Trinajstić information content (AvgIpc) is 3.01. The zero-order valence-electron chi connectivity index (χ0n) is 14.9. The number of ether oxygens (including phenoxy) is 2. The number of pyridine rings is 1. The highest BCUT2D eigenvalue weighted by Crippen LogP contribution is 2.27. The Morgan fingerprint density at radius 2 is 2.12 bits per heavy atom. The maximum Gasteiger partial charge on any atom is 0.259 e. The molecule has 3 heterocycles. The largest absolute Gasteiger partial charge is 0.477 e. The van der Waals surface area contributed by atoms with Gasteiger partial charge in [-0.25, -0.2) is 4.98 Å². The monoisotopic (exact) mass is 346 g/mol. The predicted octanol–water partition coefficient (Wildman–Crippen LogP) is 2.08. The molecule has 8 heteroatoms. The molecule has 0 aliphatic carbocycles. The summed E-state index contributed by atoms with van der Waals surface area (Å²) in [5, 5.41) is 3.79. The van der Waals surface area contributed by atoms with E-state index in [1.54, 1.807) is 24.0 Å². The average molecular weight is 346 g/mol. The molecule has 1 aliphatic heterocycles. The van der Waals surface area contributed by atoms with Crippen LogP contribution < -0.4 is 4.74 Å². The quantitative estimate of drug-likeness (QED) is 0.837. The van der Waals surface area contributed by atoms with Crippen molar-refractivity contribution in [2.45, 2.75) is 39.9 Å². The summed E-state index contributed by atoms with van der Waals surface area (Å²) in [6.45, 7) is 8.64. The van der Waals surface area contributed by atoms with Gasteiger partial charge in [-0.05, 0) is 39.8 Å². The maximum absolute atomic E-state index is 13.0. The van der Waals surface area contributed by atoms with Crippen LogP contribution in [-0.4, -0.2) is 51.7 Å². The second-order valence-corrected chi connectivity index (χ2v) is 6.06. The highest BCUT2D eigenvalue weighted by Gasteiger charge is 2.34. The lowest BCUT2D eigenvalue weighted by molar-refractivity contribution is -0.0810. The number of nitrogens with zero attached hydrogens (tertiary/aromatic N) is 4. The molecule has 3 rings (SSSR count). The molecule has 0 N–H and O–H groups in total. The Labute approximate surface area is 146 Å². The van der Waals surface area contributed by atoms with E-state index in [0.717, 1.165) is 5.69 Å². The summed E-state index contributed by atoms with van der Waals surface area (Å²) in [6.07, 6.45) is -0.591. The lowest BCUT2D eigenvalue weighted by Crippen LogP contribution is -2.46. The van der Waals surface area contributed by atoms with Crippen molar-refractivity contribution in [3.8, 4) is 5.88 Å². The van der Waals surface area contributed by atoms with Crippen LogP contribution in [0.3, 0.4) is 0 Å². The van der Waals surface area contributed by atoms with Crippen LogP contribution in [0.15, 0.2) is 16.7 Å². The van der Waals surface area contributed by atoms with Gasteiger partial charge in [0.1, 0.15) is 5.56 Å². The number of amides is 1. The first-order valence-electron chi connectivity index (χ1n) is 8.33. The van der Waals surface area contributed by atoms with Gasteiger partial charge in [0, 0.05) is 12.2 Å². The minimum atomic E-state index is -0.442. The van der Waals surface area contributed by atoms with Crippen molar-refractivity contribution in [2.24, 2.45) is 0 Å². The van der Waals surface area contributed by atoms with Gasteiger partial charge in [0.2, 0.25) is 5.88 Å². The number of carbonyl (C=O) groups excluding carboxylic acids is 1. The number of hydrogen-bond acceptors (Lipinski definition) is 7. The van der Waals surface area contributed by atoms with Crippen molar-refractivity contribution in [1.82, 2.24) is 20.0 Å². The normalized spacial score (nSPS) is 20.6. The van der Waals surface area contributed by atoms with Crippen LogP contribution in [0.4, 0.5) is 0 Å². The van der Waals surface area contributed by atoms with Gasteiger partial charge in [-0.1, -0.05) is 5.16 Å². The third-order valence-electron chi connectivity index (χ3n) is 3.88. The SMILES string of the molecule is CCOc1nc(C)ccc1C(=O)N1C[C@@H](C)O[C@@H](c2nc(C)no2)C1. The van der Waals surface area contributed by atoms with Crippen LogP contribution in [0.2, 0.25) is 0 Å². The summed E-state index contributed by atoms with van der Waals surface area (Å²) in [4.78, 5) is 23.3. The first kappa shape index (κ1) is 17.3. The number of morpholine rings is 1. The Hall–Kier alpha value is -2.48. The highest BCUT2D eigenvalue weighted by molar-refractivity contribution is 5.96. The third kappa shape index (κ3) is 3.79. The molecule has 1 saturated heterocycles. The molecule has 0 bridgehead atoms. The molecule has 1 fully saturated rings. The predicted molar refractivity (Wildman–Crippen MR) is 88.4 cm³/mol. The molecule has 1 amide bonds. The van der Waals surface area contributed by atoms with E-state index in [0.29, 0.717) is 42.9 Å². The first-order chi connectivity index (χ1) is 12.0. The summed E-state index contributed by atoms with van der Waals surface area (Å²) in [5.41, 5.74) is 1.25. The fourth-order valence-corrected chi connectivity index (χ4v) is 2.81. The van der Waals surface area contributed by atoms with Crippen molar-refractivity contribution in [2.75, 3.05) is 19.7 Å². The third-order valence-corrected chi connectivity index (χ3v) is 3.88. The van der Waals surface area contributed by atoms with Crippen LogP contribution in [0.5, 0.6) is 5.88 Å². The molecule has 0 unspecified atom stereocenters. The second-order valence-electron chi connectivity index (χ2n) is 6.06. The van der Waals surface area contributed by atoms with Crippen molar-refractivity contribution in [3.63, 3.8) is 0 Å². The zero-order valence-corrected chi connectivity index (χ0v) is 14.9. The van der Waals surface area contributed by atoms with Gasteiger partial charge in [0.15, 0.2) is 11.9 Å². The van der Waals surface area contributed by atoms with Crippen molar-refractivity contribution >= 4 is 5.91 Å². The Balaban J connectivity index is 1.84. The molecule has 8 nitrogen and oxygen atoms in total. The lowest BCUT2D eigenvalue weighted by Gasteiger charge is -2.35. The summed E-state index contributed by atoms with van der Waals surface area (Å²) in [7, 11) is 0. The minimum absolute atomic E-state index is 0.146. The van der Waals surface area contributed by atoms with Crippen LogP contribution in [0.1, 0.15) is 47.7 Å². The van der Waals surface area contributed by atoms with Crippen LogP contribution in [0, 0.1) is 13.8 Å². The van der Waals surface area contributed by atoms with E-state index in [9.17, 15) is 4.79 Å². The van der Waals surface area contributed by atoms with Gasteiger partial charge in [-0.3, -0.25) is 4.79 Å². The molecule has 2 aromatic heterocycles. The molecule has 2 aromatic rings. The van der Waals surface area contributed by atoms with E-state index in [-0.39, 0.29) is 12.0 Å². The Morgan fingerprint density at radius 1 is 1.32 bits per heavy atom. The van der Waals surface area contributed by atoms with Gasteiger partial charge >= 0.3 is 0 Å². The van der Waals surface area contributed by atoms with E-state index >= 15 is 0 Å². The number of aryl methyl sites for hydroxylation is 2. The summed E-state index contributed by atoms with van der Waals surface area (Å²) >= 11 is 0. The lowest BCUT2D eigenvalue weighted by atomic mass is 10.1. The van der Waals surface area contributed by atoms with Crippen LogP contribution >= 0.6 is 0 Å². The number of aromatic nitrogens is 3. The number of carbonyl (C=O) groups is 1. The number of hydrogen-bond donors (Lipinski definition) is 0. The van der Waals surface area contributed by atoms with Crippen LogP contribution in [0.25, 0.3) is 0 Å².